The second-order valence-electron chi connectivity index (χ2n) is 6.83. The molecule has 158 valence electrons. The maximum atomic E-state index is 13.4. The minimum absolute atomic E-state index is 0. The summed E-state index contributed by atoms with van der Waals surface area (Å²) in [6.07, 6.45) is 1.86. The Morgan fingerprint density at radius 1 is 1.21 bits per heavy atom. The number of hydrogen-bond donors (Lipinski definition) is 0. The molecule has 6 nitrogen and oxygen atoms in total. The SMILES string of the molecule is CCN(CC)CCN(C(=O)c1nn(C)cc1C)c1nc2c(C)c(Cl)ccc2s1.Cl. The van der Waals surface area contributed by atoms with E-state index in [1.807, 2.05) is 39.2 Å². The topological polar surface area (TPSA) is 54.3 Å². The Bertz CT molecular complexity index is 996. The number of aryl methyl sites for hydroxylation is 3. The molecule has 0 unspecified atom stereocenters. The summed E-state index contributed by atoms with van der Waals surface area (Å²) in [5.41, 5.74) is 3.12. The van der Waals surface area contributed by atoms with Crippen molar-refractivity contribution >= 4 is 56.6 Å². The molecular weight excluding hydrogens is 429 g/mol. The third-order valence-corrected chi connectivity index (χ3v) is 6.41. The fourth-order valence-electron chi connectivity index (χ4n) is 3.22. The van der Waals surface area contributed by atoms with E-state index < -0.39 is 0 Å². The lowest BCUT2D eigenvalue weighted by atomic mass is 10.2. The van der Waals surface area contributed by atoms with Crippen molar-refractivity contribution in [2.75, 3.05) is 31.1 Å². The van der Waals surface area contributed by atoms with Crippen molar-refractivity contribution in [1.29, 1.82) is 0 Å². The maximum Gasteiger partial charge on any atom is 0.280 e. The van der Waals surface area contributed by atoms with Gasteiger partial charge in [-0.25, -0.2) is 4.98 Å². The quantitative estimate of drug-likeness (QED) is 0.517. The summed E-state index contributed by atoms with van der Waals surface area (Å²) < 4.78 is 2.70. The van der Waals surface area contributed by atoms with Gasteiger partial charge in [-0.1, -0.05) is 36.8 Å². The third kappa shape index (κ3) is 4.91. The predicted molar refractivity (Wildman–Crippen MR) is 124 cm³/mol. The maximum absolute atomic E-state index is 13.4. The number of hydrogen-bond acceptors (Lipinski definition) is 5. The van der Waals surface area contributed by atoms with E-state index in [0.717, 1.165) is 41.0 Å². The van der Waals surface area contributed by atoms with Gasteiger partial charge in [0.05, 0.1) is 10.2 Å². The van der Waals surface area contributed by atoms with E-state index in [0.29, 0.717) is 22.4 Å². The van der Waals surface area contributed by atoms with Crippen LogP contribution in [0.4, 0.5) is 5.13 Å². The van der Waals surface area contributed by atoms with Gasteiger partial charge in [0, 0.05) is 36.9 Å². The summed E-state index contributed by atoms with van der Waals surface area (Å²) >= 11 is 7.78. The number of fused-ring (bicyclic) bond motifs is 1. The van der Waals surface area contributed by atoms with Gasteiger partial charge in [0.15, 0.2) is 10.8 Å². The molecule has 0 aliphatic heterocycles. The lowest BCUT2D eigenvalue weighted by molar-refractivity contribution is 0.0977. The van der Waals surface area contributed by atoms with Crippen LogP contribution in [0.25, 0.3) is 10.2 Å². The molecule has 0 saturated heterocycles. The first kappa shape index (κ1) is 23.6. The molecule has 29 heavy (non-hydrogen) atoms. The monoisotopic (exact) mass is 455 g/mol. The van der Waals surface area contributed by atoms with E-state index >= 15 is 0 Å². The fourth-order valence-corrected chi connectivity index (χ4v) is 4.42. The van der Waals surface area contributed by atoms with Gasteiger partial charge in [-0.3, -0.25) is 14.4 Å². The zero-order valence-corrected chi connectivity index (χ0v) is 19.8. The van der Waals surface area contributed by atoms with Gasteiger partial charge >= 0.3 is 0 Å². The van der Waals surface area contributed by atoms with Crippen LogP contribution in [-0.4, -0.2) is 51.8 Å². The number of carbonyl (C=O) groups excluding carboxylic acids is 1. The first-order valence-electron chi connectivity index (χ1n) is 9.45. The highest BCUT2D eigenvalue weighted by molar-refractivity contribution is 7.22. The molecule has 2 heterocycles. The van der Waals surface area contributed by atoms with E-state index in [4.69, 9.17) is 16.6 Å². The number of carbonyl (C=O) groups is 1. The number of thiazole rings is 1. The normalized spacial score (nSPS) is 11.1. The zero-order valence-electron chi connectivity index (χ0n) is 17.4. The summed E-state index contributed by atoms with van der Waals surface area (Å²) in [6.45, 7) is 11.3. The molecule has 0 atom stereocenters. The van der Waals surface area contributed by atoms with Crippen LogP contribution in [0.15, 0.2) is 18.3 Å². The van der Waals surface area contributed by atoms with Crippen LogP contribution in [0, 0.1) is 13.8 Å². The number of amides is 1. The summed E-state index contributed by atoms with van der Waals surface area (Å²) in [5.74, 6) is -0.118. The van der Waals surface area contributed by atoms with Crippen molar-refractivity contribution in [3.63, 3.8) is 0 Å². The number of aromatic nitrogens is 3. The van der Waals surface area contributed by atoms with Crippen LogP contribution in [0.1, 0.15) is 35.5 Å². The Kier molecular flexibility index (Phi) is 8.05. The van der Waals surface area contributed by atoms with Crippen LogP contribution >= 0.6 is 35.3 Å². The second kappa shape index (κ2) is 9.89. The van der Waals surface area contributed by atoms with Crippen LogP contribution < -0.4 is 4.90 Å². The standard InChI is InChI=1S/C20H26ClN5OS.ClH/c1-6-25(7-2)10-11-26(19(27)17-13(3)12-24(5)23-17)20-22-18-14(4)15(21)8-9-16(18)28-20;/h8-9,12H,6-7,10-11H2,1-5H3;1H. The molecule has 0 spiro atoms. The average molecular weight is 456 g/mol. The Morgan fingerprint density at radius 3 is 2.48 bits per heavy atom. The molecule has 1 amide bonds. The Balaban J connectivity index is 0.00000300. The van der Waals surface area contributed by atoms with Crippen molar-refractivity contribution in [3.05, 3.63) is 40.2 Å². The van der Waals surface area contributed by atoms with E-state index in [1.165, 1.54) is 11.3 Å². The van der Waals surface area contributed by atoms with Crippen LogP contribution in [0.2, 0.25) is 5.02 Å². The molecule has 0 fully saturated rings. The minimum atomic E-state index is -0.118. The third-order valence-electron chi connectivity index (χ3n) is 4.96. The van der Waals surface area contributed by atoms with Crippen LogP contribution in [0.5, 0.6) is 0 Å². The number of halogens is 2. The molecule has 0 N–H and O–H groups in total. The van der Waals surface area contributed by atoms with Gasteiger partial charge < -0.3 is 4.90 Å². The van der Waals surface area contributed by atoms with Crippen molar-refractivity contribution in [2.45, 2.75) is 27.7 Å². The summed E-state index contributed by atoms with van der Waals surface area (Å²) in [6, 6.07) is 3.84. The fraction of sp³-hybridized carbons (Fsp3) is 0.450. The van der Waals surface area contributed by atoms with E-state index in [9.17, 15) is 4.79 Å². The first-order chi connectivity index (χ1) is 13.3. The van der Waals surface area contributed by atoms with E-state index in [2.05, 4.69) is 23.8 Å². The Morgan fingerprint density at radius 2 is 1.90 bits per heavy atom. The molecule has 0 aliphatic rings. The van der Waals surface area contributed by atoms with Gasteiger partial charge in [0.1, 0.15) is 0 Å². The molecule has 1 aromatic carbocycles. The largest absolute Gasteiger partial charge is 0.302 e. The molecule has 2 aromatic heterocycles. The zero-order chi connectivity index (χ0) is 20.4. The van der Waals surface area contributed by atoms with Crippen molar-refractivity contribution in [1.82, 2.24) is 19.7 Å². The van der Waals surface area contributed by atoms with Gasteiger partial charge in [-0.05, 0) is 44.6 Å². The number of likely N-dealkylation sites (N-methyl/N-ethyl adjacent to an activating group) is 1. The lowest BCUT2D eigenvalue weighted by Crippen LogP contribution is -2.39. The highest BCUT2D eigenvalue weighted by atomic mass is 35.5. The molecule has 3 aromatic rings. The molecular formula is C20H27Cl2N5OS. The van der Waals surface area contributed by atoms with Crippen molar-refractivity contribution in [2.24, 2.45) is 7.05 Å². The van der Waals surface area contributed by atoms with Gasteiger partial charge in [-0.15, -0.1) is 12.4 Å². The molecule has 3 rings (SSSR count). The molecule has 0 radical (unpaired) electrons. The summed E-state index contributed by atoms with van der Waals surface area (Å²) in [5, 5.41) is 5.75. The number of nitrogens with zero attached hydrogens (tertiary/aromatic N) is 5. The first-order valence-corrected chi connectivity index (χ1v) is 10.6. The van der Waals surface area contributed by atoms with E-state index in [-0.39, 0.29) is 18.3 Å². The Labute approximate surface area is 186 Å². The van der Waals surface area contributed by atoms with Crippen molar-refractivity contribution in [3.8, 4) is 0 Å². The Hall–Kier alpha value is -1.67. The van der Waals surface area contributed by atoms with Crippen molar-refractivity contribution < 1.29 is 4.79 Å². The number of rotatable bonds is 7. The average Bonchev–Trinajstić information content (AvgIpc) is 3.24. The van der Waals surface area contributed by atoms with Gasteiger partial charge in [0.2, 0.25) is 0 Å². The van der Waals surface area contributed by atoms with E-state index in [1.54, 1.807) is 9.58 Å². The molecule has 0 aliphatic carbocycles. The highest BCUT2D eigenvalue weighted by Gasteiger charge is 2.25. The summed E-state index contributed by atoms with van der Waals surface area (Å²) in [7, 11) is 1.83. The lowest BCUT2D eigenvalue weighted by Gasteiger charge is -2.24. The highest BCUT2D eigenvalue weighted by Crippen LogP contribution is 2.34. The number of benzene rings is 1. The predicted octanol–water partition coefficient (Wildman–Crippen LogP) is 4.71. The van der Waals surface area contributed by atoms with Crippen LogP contribution in [-0.2, 0) is 7.05 Å². The van der Waals surface area contributed by atoms with Crippen LogP contribution in [0.3, 0.4) is 0 Å². The summed E-state index contributed by atoms with van der Waals surface area (Å²) in [4.78, 5) is 22.2. The second-order valence-corrected chi connectivity index (χ2v) is 8.25. The molecule has 0 saturated carbocycles. The van der Waals surface area contributed by atoms with Gasteiger partial charge in [-0.2, -0.15) is 5.10 Å². The molecule has 0 bridgehead atoms. The molecule has 9 heteroatoms. The minimum Gasteiger partial charge on any atom is -0.302 e. The smallest absolute Gasteiger partial charge is 0.280 e. The van der Waals surface area contributed by atoms with Gasteiger partial charge in [0.25, 0.3) is 5.91 Å². The number of anilines is 1.